The third kappa shape index (κ3) is 6.84. The van der Waals surface area contributed by atoms with E-state index >= 15 is 0 Å². The molecule has 1 saturated heterocycles. The molecule has 1 aliphatic heterocycles. The largest absolute Gasteiger partial charge is 0.368 e. The minimum Gasteiger partial charge on any atom is -0.368 e. The van der Waals surface area contributed by atoms with E-state index in [2.05, 4.69) is 22.4 Å². The molecule has 4 rings (SSSR count). The highest BCUT2D eigenvalue weighted by Gasteiger charge is 2.29. The smallest absolute Gasteiger partial charge is 0.274 e. The summed E-state index contributed by atoms with van der Waals surface area (Å²) in [4.78, 5) is 30.8. The maximum atomic E-state index is 12.4. The number of anilines is 1. The van der Waals surface area contributed by atoms with Crippen LogP contribution in [0.25, 0.3) is 0 Å². The van der Waals surface area contributed by atoms with Gasteiger partial charge >= 0.3 is 0 Å². The lowest BCUT2D eigenvalue weighted by molar-refractivity contribution is -0.117. The van der Waals surface area contributed by atoms with Crippen molar-refractivity contribution in [1.82, 2.24) is 15.8 Å². The number of rotatable bonds is 10. The van der Waals surface area contributed by atoms with Crippen molar-refractivity contribution in [2.45, 2.75) is 49.0 Å². The van der Waals surface area contributed by atoms with Gasteiger partial charge in [-0.3, -0.25) is 14.8 Å². The quantitative estimate of drug-likeness (QED) is 0.162. The van der Waals surface area contributed by atoms with E-state index in [1.165, 1.54) is 0 Å². The van der Waals surface area contributed by atoms with Crippen molar-refractivity contribution in [3.8, 4) is 12.1 Å². The van der Waals surface area contributed by atoms with Gasteiger partial charge in [-0.15, -0.1) is 0 Å². The summed E-state index contributed by atoms with van der Waals surface area (Å²) in [5.41, 5.74) is 10.8. The number of pyridine rings is 1. The lowest BCUT2D eigenvalue weighted by atomic mass is 9.99. The third-order valence-electron chi connectivity index (χ3n) is 7.12. The Morgan fingerprint density at radius 1 is 1.10 bits per heavy atom. The standard InChI is InChI=1S/C30H31N7O3S/c1-2-23-24(16-31)28(35-30(25(23)17-32)41-26(27(33)38)20-6-4-3-5-7-20)37-14-12-22(13-15-37)34-18-19-8-10-21(11-9-19)29(39)36-40/h3-11,22,26,34,40H,2,12-15,18H2,1H3,(H2,33,38)(H,36,39). The van der Waals surface area contributed by atoms with Crippen molar-refractivity contribution in [2.24, 2.45) is 5.73 Å². The Kier molecular flexibility index (Phi) is 9.93. The molecule has 0 saturated carbocycles. The third-order valence-corrected chi connectivity index (χ3v) is 8.38. The summed E-state index contributed by atoms with van der Waals surface area (Å²) in [6.07, 6.45) is 2.10. The Labute approximate surface area is 243 Å². The predicted octanol–water partition coefficient (Wildman–Crippen LogP) is 3.58. The van der Waals surface area contributed by atoms with Crippen molar-refractivity contribution < 1.29 is 14.8 Å². The minimum atomic E-state index is -0.733. The monoisotopic (exact) mass is 569 g/mol. The van der Waals surface area contributed by atoms with Gasteiger partial charge in [-0.25, -0.2) is 10.5 Å². The van der Waals surface area contributed by atoms with Gasteiger partial charge < -0.3 is 16.0 Å². The van der Waals surface area contributed by atoms with E-state index in [-0.39, 0.29) is 6.04 Å². The van der Waals surface area contributed by atoms with E-state index in [4.69, 9.17) is 15.9 Å². The second-order valence-corrected chi connectivity index (χ2v) is 10.7. The van der Waals surface area contributed by atoms with E-state index in [0.29, 0.717) is 59.2 Å². The zero-order valence-electron chi connectivity index (χ0n) is 22.6. The fourth-order valence-electron chi connectivity index (χ4n) is 4.92. The van der Waals surface area contributed by atoms with Crippen LogP contribution in [0, 0.1) is 22.7 Å². The van der Waals surface area contributed by atoms with E-state index in [0.717, 1.165) is 35.7 Å². The number of piperidine rings is 1. The molecule has 210 valence electrons. The van der Waals surface area contributed by atoms with Crippen LogP contribution in [0.5, 0.6) is 0 Å². The Hall–Kier alpha value is -4.42. The van der Waals surface area contributed by atoms with Gasteiger partial charge in [-0.05, 0) is 48.1 Å². The molecule has 1 aromatic heterocycles. The first-order chi connectivity index (χ1) is 19.9. The zero-order chi connectivity index (χ0) is 29.4. The molecule has 41 heavy (non-hydrogen) atoms. The van der Waals surface area contributed by atoms with Gasteiger partial charge in [0.15, 0.2) is 0 Å². The number of nitriles is 2. The molecular weight excluding hydrogens is 538 g/mol. The first kappa shape index (κ1) is 29.6. The lowest BCUT2D eigenvalue weighted by Gasteiger charge is -2.34. The molecule has 3 aromatic rings. The molecule has 11 heteroatoms. The molecule has 2 amide bonds. The highest BCUT2D eigenvalue weighted by molar-refractivity contribution is 8.00. The molecule has 1 aliphatic rings. The number of amides is 2. The molecule has 5 N–H and O–H groups in total. The molecule has 1 atom stereocenters. The van der Waals surface area contributed by atoms with Crippen LogP contribution in [0.3, 0.4) is 0 Å². The number of primary amides is 1. The van der Waals surface area contributed by atoms with Crippen LogP contribution in [-0.4, -0.2) is 41.1 Å². The Morgan fingerprint density at radius 2 is 1.76 bits per heavy atom. The molecule has 0 bridgehead atoms. The molecule has 2 heterocycles. The molecule has 10 nitrogen and oxygen atoms in total. The van der Waals surface area contributed by atoms with Crippen molar-refractivity contribution in [1.29, 1.82) is 10.5 Å². The summed E-state index contributed by atoms with van der Waals surface area (Å²) in [5.74, 6) is -0.560. The zero-order valence-corrected chi connectivity index (χ0v) is 23.4. The molecule has 1 unspecified atom stereocenters. The summed E-state index contributed by atoms with van der Waals surface area (Å²) in [7, 11) is 0. The first-order valence-corrected chi connectivity index (χ1v) is 14.2. The van der Waals surface area contributed by atoms with Gasteiger partial charge in [0.2, 0.25) is 5.91 Å². The SMILES string of the molecule is CCc1c(C#N)c(SC(C(N)=O)c2ccccc2)nc(N2CCC(NCc3ccc(C(=O)NO)cc3)CC2)c1C#N. The van der Waals surface area contributed by atoms with Gasteiger partial charge in [0, 0.05) is 31.2 Å². The van der Waals surface area contributed by atoms with Crippen molar-refractivity contribution in [2.75, 3.05) is 18.0 Å². The normalized spacial score (nSPS) is 14.1. The maximum Gasteiger partial charge on any atom is 0.274 e. The summed E-state index contributed by atoms with van der Waals surface area (Å²) in [6.45, 7) is 3.84. The maximum absolute atomic E-state index is 12.4. The predicted molar refractivity (Wildman–Crippen MR) is 155 cm³/mol. The number of nitrogens with one attached hydrogen (secondary N) is 2. The Balaban J connectivity index is 1.52. The summed E-state index contributed by atoms with van der Waals surface area (Å²) in [6, 6.07) is 20.9. The first-order valence-electron chi connectivity index (χ1n) is 13.3. The van der Waals surface area contributed by atoms with Crippen LogP contribution in [0.4, 0.5) is 5.82 Å². The molecule has 0 aliphatic carbocycles. The van der Waals surface area contributed by atoms with Crippen LogP contribution in [0.1, 0.15) is 63.2 Å². The average Bonchev–Trinajstić information content (AvgIpc) is 3.02. The number of carbonyl (C=O) groups excluding carboxylic acids is 2. The number of nitrogens with zero attached hydrogens (tertiary/aromatic N) is 4. The molecule has 0 spiro atoms. The minimum absolute atomic E-state index is 0.243. The van der Waals surface area contributed by atoms with Crippen LogP contribution in [0.2, 0.25) is 0 Å². The van der Waals surface area contributed by atoms with Crippen molar-refractivity contribution in [3.63, 3.8) is 0 Å². The number of nitrogens with two attached hydrogens (primary N) is 1. The second kappa shape index (κ2) is 13.8. The van der Waals surface area contributed by atoms with E-state index in [9.17, 15) is 20.1 Å². The number of hydrogen-bond donors (Lipinski definition) is 4. The Bertz CT molecular complexity index is 1480. The second-order valence-electron chi connectivity index (χ2n) is 9.64. The number of aromatic nitrogens is 1. The van der Waals surface area contributed by atoms with Crippen LogP contribution in [0.15, 0.2) is 59.6 Å². The van der Waals surface area contributed by atoms with Gasteiger partial charge in [-0.2, -0.15) is 10.5 Å². The number of carbonyl (C=O) groups is 2. The summed E-state index contributed by atoms with van der Waals surface area (Å²) < 4.78 is 0. The highest BCUT2D eigenvalue weighted by atomic mass is 32.2. The molecule has 2 aromatic carbocycles. The van der Waals surface area contributed by atoms with E-state index in [1.807, 2.05) is 49.4 Å². The topological polar surface area (TPSA) is 168 Å². The van der Waals surface area contributed by atoms with Crippen LogP contribution < -0.4 is 21.4 Å². The Morgan fingerprint density at radius 3 is 2.32 bits per heavy atom. The van der Waals surface area contributed by atoms with Crippen molar-refractivity contribution >= 4 is 29.4 Å². The fraction of sp³-hybridized carbons (Fsp3) is 0.300. The molecular formula is C30H31N7O3S. The van der Waals surface area contributed by atoms with Gasteiger partial charge in [0.25, 0.3) is 5.91 Å². The number of hydrogen-bond acceptors (Lipinski definition) is 9. The van der Waals surface area contributed by atoms with Gasteiger partial charge in [0.1, 0.15) is 28.2 Å². The number of hydroxylamine groups is 1. The molecule has 0 radical (unpaired) electrons. The van der Waals surface area contributed by atoms with Gasteiger partial charge in [0.05, 0.1) is 11.1 Å². The number of benzene rings is 2. The summed E-state index contributed by atoms with van der Waals surface area (Å²) in [5, 5.41) is 32.1. The van der Waals surface area contributed by atoms with E-state index < -0.39 is 17.1 Å². The fourth-order valence-corrected chi connectivity index (χ4v) is 5.98. The summed E-state index contributed by atoms with van der Waals surface area (Å²) >= 11 is 1.14. The van der Waals surface area contributed by atoms with E-state index in [1.54, 1.807) is 17.6 Å². The van der Waals surface area contributed by atoms with Crippen LogP contribution in [-0.2, 0) is 17.8 Å². The van der Waals surface area contributed by atoms with Gasteiger partial charge in [-0.1, -0.05) is 61.2 Å². The molecule has 1 fully saturated rings. The van der Waals surface area contributed by atoms with Crippen LogP contribution >= 0.6 is 11.8 Å². The van der Waals surface area contributed by atoms with Crippen molar-refractivity contribution in [3.05, 3.63) is 88.0 Å². The lowest BCUT2D eigenvalue weighted by Crippen LogP contribution is -2.43. The number of thioether (sulfide) groups is 1. The average molecular weight is 570 g/mol. The highest BCUT2D eigenvalue weighted by Crippen LogP contribution is 2.39.